The number of anilines is 4. The molecule has 0 atom stereocenters. The molecular formula is C27H27N7O. The van der Waals surface area contributed by atoms with Gasteiger partial charge in [-0.15, -0.1) is 0 Å². The number of piperazine rings is 1. The lowest BCUT2D eigenvalue weighted by atomic mass is 10.0. The fourth-order valence-corrected chi connectivity index (χ4v) is 4.14. The van der Waals surface area contributed by atoms with E-state index in [-0.39, 0.29) is 5.91 Å². The molecule has 4 aromatic rings. The van der Waals surface area contributed by atoms with Crippen molar-refractivity contribution < 1.29 is 4.79 Å². The van der Waals surface area contributed by atoms with Crippen LogP contribution >= 0.6 is 0 Å². The van der Waals surface area contributed by atoms with E-state index < -0.39 is 0 Å². The van der Waals surface area contributed by atoms with Crippen molar-refractivity contribution in [2.45, 2.75) is 0 Å². The Labute approximate surface area is 204 Å². The van der Waals surface area contributed by atoms with Crippen LogP contribution in [0.5, 0.6) is 0 Å². The molecule has 1 saturated heterocycles. The zero-order valence-corrected chi connectivity index (χ0v) is 19.6. The predicted octanol–water partition coefficient (Wildman–Crippen LogP) is 4.31. The molecule has 2 aromatic carbocycles. The molecule has 5 rings (SSSR count). The van der Waals surface area contributed by atoms with Crippen LogP contribution in [0.3, 0.4) is 0 Å². The van der Waals surface area contributed by atoms with Gasteiger partial charge in [-0.2, -0.15) is 0 Å². The third-order valence-corrected chi connectivity index (χ3v) is 6.10. The van der Waals surface area contributed by atoms with E-state index in [2.05, 4.69) is 68.3 Å². The molecule has 0 aliphatic carbocycles. The van der Waals surface area contributed by atoms with Gasteiger partial charge >= 0.3 is 0 Å². The van der Waals surface area contributed by atoms with Crippen LogP contribution in [0.1, 0.15) is 0 Å². The zero-order valence-electron chi connectivity index (χ0n) is 19.6. The number of carbonyl (C=O) groups is 1. The average Bonchev–Trinajstić information content (AvgIpc) is 2.89. The number of likely N-dealkylation sites (N-methyl/N-ethyl adjacent to an activating group) is 1. The highest BCUT2D eigenvalue weighted by atomic mass is 16.1. The highest BCUT2D eigenvalue weighted by Gasteiger charge is 2.14. The maximum absolute atomic E-state index is 11.7. The summed E-state index contributed by atoms with van der Waals surface area (Å²) in [5.74, 6) is 0.240. The molecule has 8 heteroatoms. The Kier molecular flexibility index (Phi) is 6.36. The molecule has 0 unspecified atom stereocenters. The first-order valence-corrected chi connectivity index (χ1v) is 11.6. The molecule has 176 valence electrons. The number of nitrogens with zero attached hydrogens (tertiary/aromatic N) is 5. The van der Waals surface area contributed by atoms with Crippen molar-refractivity contribution in [3.63, 3.8) is 0 Å². The van der Waals surface area contributed by atoms with Gasteiger partial charge in [-0.25, -0.2) is 9.97 Å². The molecule has 0 saturated carbocycles. The Hall–Kier alpha value is -4.30. The number of rotatable bonds is 6. The SMILES string of the molecule is C=CC(=O)Nc1cccc(-c2ccnc3cnc(Nc4ccc(N5CCN(C)CC5)cc4)nc23)c1. The molecule has 1 amide bonds. The van der Waals surface area contributed by atoms with Crippen LogP contribution in [-0.4, -0.2) is 59.0 Å². The molecule has 2 aromatic heterocycles. The first-order chi connectivity index (χ1) is 17.1. The van der Waals surface area contributed by atoms with Crippen molar-refractivity contribution in [3.05, 3.63) is 79.6 Å². The Morgan fingerprint density at radius 1 is 1.00 bits per heavy atom. The third kappa shape index (κ3) is 5.12. The van der Waals surface area contributed by atoms with Gasteiger partial charge < -0.3 is 20.4 Å². The van der Waals surface area contributed by atoms with Gasteiger partial charge in [0.1, 0.15) is 11.0 Å². The Balaban J connectivity index is 1.39. The minimum atomic E-state index is -0.255. The summed E-state index contributed by atoms with van der Waals surface area (Å²) in [6.07, 6.45) is 4.70. The van der Waals surface area contributed by atoms with Crippen LogP contribution in [-0.2, 0) is 4.79 Å². The fraction of sp³-hybridized carbons (Fsp3) is 0.185. The zero-order chi connectivity index (χ0) is 24.2. The molecule has 2 N–H and O–H groups in total. The molecule has 0 spiro atoms. The summed E-state index contributed by atoms with van der Waals surface area (Å²) in [5, 5.41) is 6.11. The number of carbonyl (C=O) groups excluding carboxylic acids is 1. The number of pyridine rings is 1. The number of hydrogen-bond donors (Lipinski definition) is 2. The highest BCUT2D eigenvalue weighted by Crippen LogP contribution is 2.29. The van der Waals surface area contributed by atoms with Crippen LogP contribution in [0.15, 0.2) is 79.6 Å². The quantitative estimate of drug-likeness (QED) is 0.410. The number of fused-ring (bicyclic) bond motifs is 1. The van der Waals surface area contributed by atoms with Crippen LogP contribution in [0.25, 0.3) is 22.2 Å². The maximum atomic E-state index is 11.7. The molecule has 3 heterocycles. The predicted molar refractivity (Wildman–Crippen MR) is 141 cm³/mol. The van der Waals surface area contributed by atoms with Gasteiger partial charge in [0.05, 0.1) is 6.20 Å². The van der Waals surface area contributed by atoms with Gasteiger partial charge in [0.2, 0.25) is 11.9 Å². The van der Waals surface area contributed by atoms with E-state index in [9.17, 15) is 4.79 Å². The van der Waals surface area contributed by atoms with Crippen molar-refractivity contribution in [3.8, 4) is 11.1 Å². The summed E-state index contributed by atoms with van der Waals surface area (Å²) in [6.45, 7) is 7.72. The Bertz CT molecular complexity index is 1360. The van der Waals surface area contributed by atoms with Gasteiger partial charge in [-0.3, -0.25) is 9.78 Å². The van der Waals surface area contributed by atoms with E-state index in [1.54, 1.807) is 12.4 Å². The molecule has 8 nitrogen and oxygen atoms in total. The van der Waals surface area contributed by atoms with Gasteiger partial charge in [0, 0.05) is 55.0 Å². The van der Waals surface area contributed by atoms with E-state index in [0.717, 1.165) is 48.5 Å². The maximum Gasteiger partial charge on any atom is 0.247 e. The lowest BCUT2D eigenvalue weighted by molar-refractivity contribution is -0.111. The molecule has 35 heavy (non-hydrogen) atoms. The molecule has 1 aliphatic heterocycles. The van der Waals surface area contributed by atoms with E-state index >= 15 is 0 Å². The number of hydrogen-bond acceptors (Lipinski definition) is 7. The van der Waals surface area contributed by atoms with Crippen molar-refractivity contribution in [2.24, 2.45) is 0 Å². The minimum Gasteiger partial charge on any atom is -0.369 e. The van der Waals surface area contributed by atoms with Crippen LogP contribution < -0.4 is 15.5 Å². The van der Waals surface area contributed by atoms with Crippen LogP contribution in [0.4, 0.5) is 23.0 Å². The number of benzene rings is 2. The van der Waals surface area contributed by atoms with Crippen molar-refractivity contribution in [1.29, 1.82) is 0 Å². The first kappa shape index (κ1) is 22.5. The van der Waals surface area contributed by atoms with E-state index in [4.69, 9.17) is 4.98 Å². The van der Waals surface area contributed by atoms with Gasteiger partial charge in [-0.1, -0.05) is 18.7 Å². The fourth-order valence-electron chi connectivity index (χ4n) is 4.14. The Morgan fingerprint density at radius 2 is 1.80 bits per heavy atom. The third-order valence-electron chi connectivity index (χ3n) is 6.10. The smallest absolute Gasteiger partial charge is 0.247 e. The number of nitrogens with one attached hydrogen (secondary N) is 2. The summed E-state index contributed by atoms with van der Waals surface area (Å²) < 4.78 is 0. The Morgan fingerprint density at radius 3 is 2.57 bits per heavy atom. The second kappa shape index (κ2) is 9.90. The van der Waals surface area contributed by atoms with Crippen molar-refractivity contribution in [1.82, 2.24) is 19.9 Å². The van der Waals surface area contributed by atoms with Gasteiger partial charge in [0.25, 0.3) is 0 Å². The van der Waals surface area contributed by atoms with E-state index in [1.807, 2.05) is 30.3 Å². The highest BCUT2D eigenvalue weighted by molar-refractivity contribution is 6.00. The summed E-state index contributed by atoms with van der Waals surface area (Å²) in [6, 6.07) is 17.9. The van der Waals surface area contributed by atoms with Crippen molar-refractivity contribution in [2.75, 3.05) is 48.8 Å². The normalized spacial score (nSPS) is 14.0. The number of amides is 1. The molecular weight excluding hydrogens is 438 g/mol. The monoisotopic (exact) mass is 465 g/mol. The summed E-state index contributed by atoms with van der Waals surface area (Å²) in [5.41, 5.74) is 6.07. The number of aromatic nitrogens is 3. The summed E-state index contributed by atoms with van der Waals surface area (Å²) in [7, 11) is 2.16. The molecule has 0 radical (unpaired) electrons. The van der Waals surface area contributed by atoms with Crippen LogP contribution in [0, 0.1) is 0 Å². The van der Waals surface area contributed by atoms with E-state index in [1.165, 1.54) is 11.8 Å². The second-order valence-electron chi connectivity index (χ2n) is 8.52. The topological polar surface area (TPSA) is 86.3 Å². The lowest BCUT2D eigenvalue weighted by Crippen LogP contribution is -2.44. The second-order valence-corrected chi connectivity index (χ2v) is 8.52. The average molecular weight is 466 g/mol. The van der Waals surface area contributed by atoms with Crippen molar-refractivity contribution >= 4 is 40.0 Å². The van der Waals surface area contributed by atoms with Gasteiger partial charge in [0.15, 0.2) is 0 Å². The standard InChI is InChI=1S/C27H27N7O/c1-3-25(35)30-21-6-4-5-19(17-21)23-11-12-28-24-18-29-27(32-26(23)24)31-20-7-9-22(10-8-20)34-15-13-33(2)14-16-34/h3-12,17-18H,1,13-16H2,2H3,(H,30,35)(H,29,31,32). The van der Waals surface area contributed by atoms with Gasteiger partial charge in [-0.05, 0) is 61.2 Å². The lowest BCUT2D eigenvalue weighted by Gasteiger charge is -2.34. The summed E-state index contributed by atoms with van der Waals surface area (Å²) in [4.78, 5) is 30.1. The largest absolute Gasteiger partial charge is 0.369 e. The molecule has 1 aliphatic rings. The first-order valence-electron chi connectivity index (χ1n) is 11.6. The minimum absolute atomic E-state index is 0.255. The molecule has 1 fully saturated rings. The van der Waals surface area contributed by atoms with E-state index in [0.29, 0.717) is 17.2 Å². The van der Waals surface area contributed by atoms with Crippen LogP contribution in [0.2, 0.25) is 0 Å². The molecule has 0 bridgehead atoms. The summed E-state index contributed by atoms with van der Waals surface area (Å²) >= 11 is 0.